The van der Waals surface area contributed by atoms with Gasteiger partial charge in [0.25, 0.3) is 0 Å². The van der Waals surface area contributed by atoms with Gasteiger partial charge in [0, 0.05) is 29.5 Å². The number of hydrogen-bond donors (Lipinski definition) is 0. The minimum atomic E-state index is -4.57. The molecule has 2 aromatic heterocycles. The molecule has 158 valence electrons. The molecule has 0 radical (unpaired) electrons. The van der Waals surface area contributed by atoms with E-state index in [0.717, 1.165) is 10.7 Å². The Kier molecular flexibility index (Phi) is 6.02. The fourth-order valence-electron chi connectivity index (χ4n) is 3.16. The van der Waals surface area contributed by atoms with Gasteiger partial charge in [-0.3, -0.25) is 9.48 Å². The first-order valence-corrected chi connectivity index (χ1v) is 9.25. The van der Waals surface area contributed by atoms with Gasteiger partial charge in [-0.1, -0.05) is 23.7 Å². The van der Waals surface area contributed by atoms with E-state index in [1.165, 1.54) is 19.4 Å². The maximum Gasteiger partial charge on any atom is 0.435 e. The van der Waals surface area contributed by atoms with Gasteiger partial charge in [0.15, 0.2) is 11.1 Å². The van der Waals surface area contributed by atoms with Crippen molar-refractivity contribution in [1.82, 2.24) is 14.3 Å². The Bertz CT molecular complexity index is 1130. The van der Waals surface area contributed by atoms with E-state index in [1.54, 1.807) is 35.8 Å². The van der Waals surface area contributed by atoms with Crippen LogP contribution in [0.5, 0.6) is 0 Å². The molecule has 0 aliphatic heterocycles. The van der Waals surface area contributed by atoms with E-state index in [-0.39, 0.29) is 12.1 Å². The standard InChI is InChI=1S/C20H17ClF3N3O3/c1-3-27-14(11-26-9-8-16(25-26)20(22,23)24)10-15(28)17(19(29)30-2)18(27)12-4-6-13(21)7-5-12/h4-10H,3,11H2,1-2H3. The highest BCUT2D eigenvalue weighted by atomic mass is 35.5. The number of pyridine rings is 1. The summed E-state index contributed by atoms with van der Waals surface area (Å²) in [5, 5.41) is 4.01. The van der Waals surface area contributed by atoms with E-state index in [1.807, 2.05) is 0 Å². The first kappa shape index (κ1) is 21.6. The maximum absolute atomic E-state index is 12.9. The molecule has 6 nitrogen and oxygen atoms in total. The zero-order chi connectivity index (χ0) is 22.1. The number of methoxy groups -OCH3 is 1. The van der Waals surface area contributed by atoms with Crippen molar-refractivity contribution in [1.29, 1.82) is 0 Å². The van der Waals surface area contributed by atoms with Crippen molar-refractivity contribution in [3.63, 3.8) is 0 Å². The van der Waals surface area contributed by atoms with Gasteiger partial charge >= 0.3 is 12.1 Å². The second kappa shape index (κ2) is 8.35. The third-order valence-corrected chi connectivity index (χ3v) is 4.73. The van der Waals surface area contributed by atoms with E-state index < -0.39 is 23.3 Å². The van der Waals surface area contributed by atoms with Crippen molar-refractivity contribution in [3.05, 3.63) is 74.8 Å². The maximum atomic E-state index is 12.9. The van der Waals surface area contributed by atoms with Crippen LogP contribution in [0.3, 0.4) is 0 Å². The molecule has 0 saturated carbocycles. The molecule has 0 saturated heterocycles. The molecule has 2 heterocycles. The Morgan fingerprint density at radius 3 is 2.40 bits per heavy atom. The Morgan fingerprint density at radius 2 is 1.87 bits per heavy atom. The van der Waals surface area contributed by atoms with Crippen molar-refractivity contribution >= 4 is 17.6 Å². The molecule has 0 atom stereocenters. The van der Waals surface area contributed by atoms with Crippen LogP contribution in [0, 0.1) is 0 Å². The Hall–Kier alpha value is -3.07. The van der Waals surface area contributed by atoms with Crippen LogP contribution >= 0.6 is 11.6 Å². The molecule has 1 aromatic carbocycles. The van der Waals surface area contributed by atoms with E-state index in [0.29, 0.717) is 28.5 Å². The topological polar surface area (TPSA) is 66.1 Å². The molecule has 0 fully saturated rings. The van der Waals surface area contributed by atoms with Crippen molar-refractivity contribution in [2.24, 2.45) is 0 Å². The molecule has 0 aliphatic rings. The molecule has 10 heteroatoms. The summed E-state index contributed by atoms with van der Waals surface area (Å²) < 4.78 is 46.1. The van der Waals surface area contributed by atoms with Crippen molar-refractivity contribution in [2.45, 2.75) is 26.2 Å². The normalized spacial score (nSPS) is 11.5. The van der Waals surface area contributed by atoms with Crippen LogP contribution in [-0.4, -0.2) is 27.4 Å². The second-order valence-corrected chi connectivity index (χ2v) is 6.80. The lowest BCUT2D eigenvalue weighted by atomic mass is 10.0. The molecule has 30 heavy (non-hydrogen) atoms. The number of aromatic nitrogens is 3. The number of esters is 1. The highest BCUT2D eigenvalue weighted by Crippen LogP contribution is 2.28. The minimum Gasteiger partial charge on any atom is -0.465 e. The van der Waals surface area contributed by atoms with Gasteiger partial charge in [-0.05, 0) is 30.7 Å². The van der Waals surface area contributed by atoms with Crippen LogP contribution in [0.25, 0.3) is 11.3 Å². The number of carbonyl (C=O) groups excluding carboxylic acids is 1. The third-order valence-electron chi connectivity index (χ3n) is 4.48. The zero-order valence-electron chi connectivity index (χ0n) is 16.0. The average Bonchev–Trinajstić information content (AvgIpc) is 3.17. The fraction of sp³-hybridized carbons (Fsp3) is 0.250. The molecule has 0 unspecified atom stereocenters. The number of benzene rings is 1. The van der Waals surface area contributed by atoms with Crippen molar-refractivity contribution in [3.8, 4) is 11.3 Å². The molecule has 0 aliphatic carbocycles. The van der Waals surface area contributed by atoms with Crippen LogP contribution in [0.2, 0.25) is 5.02 Å². The van der Waals surface area contributed by atoms with Crippen LogP contribution in [0.1, 0.15) is 28.7 Å². The summed E-state index contributed by atoms with van der Waals surface area (Å²) in [5.74, 6) is -0.808. The summed E-state index contributed by atoms with van der Waals surface area (Å²) in [6.07, 6.45) is -3.39. The number of nitrogens with zero attached hydrogens (tertiary/aromatic N) is 3. The van der Waals surface area contributed by atoms with Gasteiger partial charge in [-0.15, -0.1) is 0 Å². The first-order valence-electron chi connectivity index (χ1n) is 8.87. The fourth-order valence-corrected chi connectivity index (χ4v) is 3.29. The van der Waals surface area contributed by atoms with Crippen molar-refractivity contribution in [2.75, 3.05) is 7.11 Å². The molecule has 0 spiro atoms. The SMILES string of the molecule is CCn1c(Cn2ccc(C(F)(F)F)n2)cc(=O)c(C(=O)OC)c1-c1ccc(Cl)cc1. The predicted octanol–water partition coefficient (Wildman–Crippen LogP) is 4.24. The number of ether oxygens (including phenoxy) is 1. The summed E-state index contributed by atoms with van der Waals surface area (Å²) >= 11 is 5.95. The molecule has 0 amide bonds. The van der Waals surface area contributed by atoms with E-state index in [9.17, 15) is 22.8 Å². The summed E-state index contributed by atoms with van der Waals surface area (Å²) in [6.45, 7) is 2.03. The summed E-state index contributed by atoms with van der Waals surface area (Å²) in [5.41, 5.74) is -0.575. The largest absolute Gasteiger partial charge is 0.465 e. The number of halogens is 4. The van der Waals surface area contributed by atoms with Crippen LogP contribution in [0.4, 0.5) is 13.2 Å². The van der Waals surface area contributed by atoms with Gasteiger partial charge in [0.05, 0.1) is 19.3 Å². The molecule has 3 aromatic rings. The monoisotopic (exact) mass is 439 g/mol. The van der Waals surface area contributed by atoms with Crippen LogP contribution in [0.15, 0.2) is 47.4 Å². The Morgan fingerprint density at radius 1 is 1.20 bits per heavy atom. The van der Waals surface area contributed by atoms with Gasteiger partial charge in [-0.25, -0.2) is 4.79 Å². The summed E-state index contributed by atoms with van der Waals surface area (Å²) in [6, 6.07) is 8.59. The van der Waals surface area contributed by atoms with E-state index in [4.69, 9.17) is 16.3 Å². The predicted molar refractivity (Wildman–Crippen MR) is 104 cm³/mol. The van der Waals surface area contributed by atoms with Gasteiger partial charge < -0.3 is 9.30 Å². The van der Waals surface area contributed by atoms with Gasteiger partial charge in [0.1, 0.15) is 5.56 Å². The highest BCUT2D eigenvalue weighted by molar-refractivity contribution is 6.30. The molecule has 0 N–H and O–H groups in total. The summed E-state index contributed by atoms with van der Waals surface area (Å²) in [4.78, 5) is 25.1. The lowest BCUT2D eigenvalue weighted by Crippen LogP contribution is -2.25. The molecule has 3 rings (SSSR count). The molecule has 0 bridgehead atoms. The Labute approximate surface area is 174 Å². The third kappa shape index (κ3) is 4.25. The number of alkyl halides is 3. The van der Waals surface area contributed by atoms with Crippen LogP contribution < -0.4 is 5.43 Å². The molecular weight excluding hydrogens is 423 g/mol. The van der Waals surface area contributed by atoms with E-state index in [2.05, 4.69) is 5.10 Å². The number of carbonyl (C=O) groups is 1. The van der Waals surface area contributed by atoms with E-state index >= 15 is 0 Å². The van der Waals surface area contributed by atoms with Gasteiger partial charge in [0.2, 0.25) is 0 Å². The summed E-state index contributed by atoms with van der Waals surface area (Å²) in [7, 11) is 1.17. The minimum absolute atomic E-state index is 0.0960. The van der Waals surface area contributed by atoms with Gasteiger partial charge in [-0.2, -0.15) is 18.3 Å². The quantitative estimate of drug-likeness (QED) is 0.558. The lowest BCUT2D eigenvalue weighted by molar-refractivity contribution is -0.141. The first-order chi connectivity index (χ1) is 14.2. The number of rotatable bonds is 5. The van der Waals surface area contributed by atoms with Crippen molar-refractivity contribution < 1.29 is 22.7 Å². The average molecular weight is 440 g/mol. The van der Waals surface area contributed by atoms with Crippen LogP contribution in [-0.2, 0) is 24.0 Å². The number of hydrogen-bond acceptors (Lipinski definition) is 4. The smallest absolute Gasteiger partial charge is 0.435 e. The lowest BCUT2D eigenvalue weighted by Gasteiger charge is -2.20. The molecular formula is C20H17ClF3N3O3. The highest BCUT2D eigenvalue weighted by Gasteiger charge is 2.33. The Balaban J connectivity index is 2.20. The zero-order valence-corrected chi connectivity index (χ0v) is 16.8. The second-order valence-electron chi connectivity index (χ2n) is 6.36.